The number of benzene rings is 2. The lowest BCUT2D eigenvalue weighted by Gasteiger charge is -2.17. The predicted molar refractivity (Wildman–Crippen MR) is 88.8 cm³/mol. The molecule has 0 unspecified atom stereocenters. The molecule has 0 bridgehead atoms. The number of hydrogen-bond donors (Lipinski definition) is 2. The zero-order valence-corrected chi connectivity index (χ0v) is 13.5. The van der Waals surface area contributed by atoms with Crippen LogP contribution in [0.5, 0.6) is 0 Å². The zero-order valence-electron chi connectivity index (χ0n) is 13.5. The van der Waals surface area contributed by atoms with Gasteiger partial charge in [-0.1, -0.05) is 43.3 Å². The highest BCUT2D eigenvalue weighted by atomic mass is 16.5. The number of amides is 1. The molecule has 6 nitrogen and oxygen atoms in total. The van der Waals surface area contributed by atoms with Crippen LogP contribution in [-0.4, -0.2) is 35.6 Å². The molecule has 0 fully saturated rings. The molecule has 0 saturated heterocycles. The Morgan fingerprint density at radius 1 is 1.17 bits per heavy atom. The van der Waals surface area contributed by atoms with Gasteiger partial charge < -0.3 is 15.2 Å². The highest BCUT2D eigenvalue weighted by molar-refractivity contribution is 6.09. The highest BCUT2D eigenvalue weighted by Gasteiger charge is 2.24. The van der Waals surface area contributed by atoms with E-state index in [1.54, 1.807) is 0 Å². The van der Waals surface area contributed by atoms with Gasteiger partial charge in [0.05, 0.1) is 5.56 Å². The maximum atomic E-state index is 12.7. The van der Waals surface area contributed by atoms with Gasteiger partial charge in [0.1, 0.15) is 6.61 Å². The number of carboxylic acid groups (broad SMARTS) is 1. The monoisotopic (exact) mass is 329 g/mol. The van der Waals surface area contributed by atoms with Crippen molar-refractivity contribution in [2.45, 2.75) is 26.3 Å². The lowest BCUT2D eigenvalue weighted by atomic mass is 9.96. The van der Waals surface area contributed by atoms with Crippen LogP contribution in [0.4, 0.5) is 0 Å². The van der Waals surface area contributed by atoms with E-state index in [4.69, 9.17) is 4.74 Å². The third-order valence-electron chi connectivity index (χ3n) is 3.68. The first-order valence-corrected chi connectivity index (χ1v) is 7.61. The number of carbonyl (C=O) groups excluding carboxylic acids is 2. The average Bonchev–Trinajstić information content (AvgIpc) is 2.56. The van der Waals surface area contributed by atoms with Crippen LogP contribution in [0.3, 0.4) is 0 Å². The van der Waals surface area contributed by atoms with Crippen LogP contribution in [0.25, 0.3) is 10.8 Å². The Bertz CT molecular complexity index is 784. The van der Waals surface area contributed by atoms with Crippen molar-refractivity contribution >= 4 is 28.6 Å². The Balaban J connectivity index is 2.35. The third-order valence-corrected chi connectivity index (χ3v) is 3.68. The molecule has 24 heavy (non-hydrogen) atoms. The number of hydrogen-bond acceptors (Lipinski definition) is 4. The van der Waals surface area contributed by atoms with Gasteiger partial charge in [0, 0.05) is 6.92 Å². The van der Waals surface area contributed by atoms with E-state index in [1.807, 2.05) is 43.3 Å². The van der Waals surface area contributed by atoms with Crippen LogP contribution in [0.2, 0.25) is 0 Å². The Morgan fingerprint density at radius 2 is 1.88 bits per heavy atom. The van der Waals surface area contributed by atoms with E-state index in [-0.39, 0.29) is 0 Å². The lowest BCUT2D eigenvalue weighted by molar-refractivity contribution is -0.146. The SMILES string of the molecule is CCc1ccc2ccccc2c1C(=O)N[C@@H](COC(C)=O)C(=O)O. The molecule has 0 aliphatic rings. The Hall–Kier alpha value is -2.89. The van der Waals surface area contributed by atoms with Crippen molar-refractivity contribution < 1.29 is 24.2 Å². The molecule has 0 aromatic heterocycles. The van der Waals surface area contributed by atoms with Crippen molar-refractivity contribution in [2.24, 2.45) is 0 Å². The van der Waals surface area contributed by atoms with Gasteiger partial charge in [-0.25, -0.2) is 4.79 Å². The van der Waals surface area contributed by atoms with Gasteiger partial charge in [-0.05, 0) is 22.8 Å². The lowest BCUT2D eigenvalue weighted by Crippen LogP contribution is -2.44. The second-order valence-corrected chi connectivity index (χ2v) is 5.34. The standard InChI is InChI=1S/C18H19NO5/c1-3-12-8-9-13-6-4-5-7-14(13)16(12)17(21)19-15(18(22)23)10-24-11(2)20/h4-9,15H,3,10H2,1-2H3,(H,19,21)(H,22,23)/t15-/m0/s1. The Kier molecular flexibility index (Phi) is 5.52. The summed E-state index contributed by atoms with van der Waals surface area (Å²) in [5, 5.41) is 13.3. The molecule has 2 N–H and O–H groups in total. The average molecular weight is 329 g/mol. The highest BCUT2D eigenvalue weighted by Crippen LogP contribution is 2.23. The Morgan fingerprint density at radius 3 is 2.50 bits per heavy atom. The molecule has 0 aliphatic heterocycles. The molecule has 0 radical (unpaired) electrons. The predicted octanol–water partition coefficient (Wildman–Crippen LogP) is 2.15. The maximum absolute atomic E-state index is 12.7. The number of ether oxygens (including phenoxy) is 1. The smallest absolute Gasteiger partial charge is 0.329 e. The Labute approximate surface area is 139 Å². The van der Waals surface area contributed by atoms with Gasteiger partial charge in [-0.15, -0.1) is 0 Å². The van der Waals surface area contributed by atoms with E-state index in [2.05, 4.69) is 5.32 Å². The van der Waals surface area contributed by atoms with Gasteiger partial charge in [-0.2, -0.15) is 0 Å². The fraction of sp³-hybridized carbons (Fsp3) is 0.278. The fourth-order valence-corrected chi connectivity index (χ4v) is 2.49. The number of carboxylic acids is 1. The summed E-state index contributed by atoms with van der Waals surface area (Å²) in [4.78, 5) is 34.8. The minimum absolute atomic E-state index is 0.414. The van der Waals surface area contributed by atoms with Crippen molar-refractivity contribution in [3.8, 4) is 0 Å². The van der Waals surface area contributed by atoms with E-state index >= 15 is 0 Å². The number of fused-ring (bicyclic) bond motifs is 1. The molecule has 2 aromatic carbocycles. The topological polar surface area (TPSA) is 92.7 Å². The van der Waals surface area contributed by atoms with Gasteiger partial charge in [-0.3, -0.25) is 9.59 Å². The minimum atomic E-state index is -1.30. The van der Waals surface area contributed by atoms with Crippen molar-refractivity contribution in [1.29, 1.82) is 0 Å². The number of esters is 1. The summed E-state index contributed by atoms with van der Waals surface area (Å²) >= 11 is 0. The van der Waals surface area contributed by atoms with Gasteiger partial charge in [0.25, 0.3) is 5.91 Å². The molecule has 1 atom stereocenters. The van der Waals surface area contributed by atoms with Crippen LogP contribution < -0.4 is 5.32 Å². The van der Waals surface area contributed by atoms with Crippen molar-refractivity contribution in [3.63, 3.8) is 0 Å². The molecule has 1 amide bonds. The maximum Gasteiger partial charge on any atom is 0.329 e. The number of rotatable bonds is 6. The number of carbonyl (C=O) groups is 3. The van der Waals surface area contributed by atoms with Crippen LogP contribution in [-0.2, 0) is 20.7 Å². The van der Waals surface area contributed by atoms with E-state index < -0.39 is 30.5 Å². The van der Waals surface area contributed by atoms with E-state index in [0.29, 0.717) is 12.0 Å². The van der Waals surface area contributed by atoms with Gasteiger partial charge in [0.2, 0.25) is 0 Å². The third kappa shape index (κ3) is 3.90. The van der Waals surface area contributed by atoms with E-state index in [9.17, 15) is 19.5 Å². The van der Waals surface area contributed by atoms with Gasteiger partial charge in [0.15, 0.2) is 6.04 Å². The molecule has 2 rings (SSSR count). The van der Waals surface area contributed by atoms with Crippen LogP contribution >= 0.6 is 0 Å². The van der Waals surface area contributed by atoms with Crippen molar-refractivity contribution in [3.05, 3.63) is 47.5 Å². The molecule has 0 saturated carbocycles. The van der Waals surface area contributed by atoms with E-state index in [0.717, 1.165) is 16.3 Å². The minimum Gasteiger partial charge on any atom is -0.480 e. The van der Waals surface area contributed by atoms with Crippen LogP contribution in [0.15, 0.2) is 36.4 Å². The summed E-state index contributed by atoms with van der Waals surface area (Å²) in [5.74, 6) is -2.36. The molecule has 0 spiro atoms. The molecular formula is C18H19NO5. The first-order chi connectivity index (χ1) is 11.4. The number of aliphatic carboxylic acids is 1. The quantitative estimate of drug-likeness (QED) is 0.792. The summed E-state index contributed by atoms with van der Waals surface area (Å²) in [7, 11) is 0. The first-order valence-electron chi connectivity index (χ1n) is 7.61. The second kappa shape index (κ2) is 7.59. The van der Waals surface area contributed by atoms with Crippen molar-refractivity contribution in [2.75, 3.05) is 6.61 Å². The summed E-state index contributed by atoms with van der Waals surface area (Å²) in [6, 6.07) is 9.90. The van der Waals surface area contributed by atoms with Crippen LogP contribution in [0, 0.1) is 0 Å². The molecular weight excluding hydrogens is 310 g/mol. The molecule has 126 valence electrons. The summed E-state index contributed by atoms with van der Waals surface area (Å²) in [6.07, 6.45) is 0.634. The molecule has 2 aromatic rings. The van der Waals surface area contributed by atoms with Crippen LogP contribution in [0.1, 0.15) is 29.8 Å². The number of nitrogens with one attached hydrogen (secondary N) is 1. The molecule has 0 heterocycles. The first kappa shape index (κ1) is 17.5. The largest absolute Gasteiger partial charge is 0.480 e. The summed E-state index contributed by atoms with van der Waals surface area (Å²) in [6.45, 7) is 2.69. The van der Waals surface area contributed by atoms with Crippen molar-refractivity contribution in [1.82, 2.24) is 5.32 Å². The normalized spacial score (nSPS) is 11.8. The van der Waals surface area contributed by atoms with Gasteiger partial charge >= 0.3 is 11.9 Å². The second-order valence-electron chi connectivity index (χ2n) is 5.34. The fourth-order valence-electron chi connectivity index (χ4n) is 2.49. The summed E-state index contributed by atoms with van der Waals surface area (Å²) < 4.78 is 4.71. The summed E-state index contributed by atoms with van der Waals surface area (Å²) in [5.41, 5.74) is 1.27. The molecule has 6 heteroatoms. The zero-order chi connectivity index (χ0) is 17.7. The molecule has 0 aliphatic carbocycles. The number of aryl methyl sites for hydroxylation is 1. The van der Waals surface area contributed by atoms with E-state index in [1.165, 1.54) is 6.92 Å².